The zero-order chi connectivity index (χ0) is 20.2. The second-order valence-electron chi connectivity index (χ2n) is 6.97. The molecule has 1 aromatic carbocycles. The molecule has 29 heavy (non-hydrogen) atoms. The molecule has 0 atom stereocenters. The Hall–Kier alpha value is -3.62. The highest BCUT2D eigenvalue weighted by atomic mass is 16.2. The number of benzene rings is 1. The number of carbonyl (C=O) groups is 2. The zero-order valence-electron chi connectivity index (χ0n) is 16.0. The number of piperidine rings is 1. The SMILES string of the molecule is CC(=O)c1ccc(NC(=O)C2CCN(c3ccc(-n4cncn4)nn3)CC2)cc1. The maximum atomic E-state index is 12.6. The molecule has 0 spiro atoms. The quantitative estimate of drug-likeness (QED) is 0.664. The summed E-state index contributed by atoms with van der Waals surface area (Å²) in [5.74, 6) is 1.35. The molecule has 3 heterocycles. The molecule has 4 rings (SSSR count). The van der Waals surface area contributed by atoms with Gasteiger partial charge in [0.25, 0.3) is 0 Å². The highest BCUT2D eigenvalue weighted by Gasteiger charge is 2.26. The molecule has 1 saturated heterocycles. The van der Waals surface area contributed by atoms with Gasteiger partial charge >= 0.3 is 0 Å². The largest absolute Gasteiger partial charge is 0.355 e. The van der Waals surface area contributed by atoms with Crippen molar-refractivity contribution < 1.29 is 9.59 Å². The average molecular weight is 391 g/mol. The van der Waals surface area contributed by atoms with E-state index in [-0.39, 0.29) is 17.6 Å². The van der Waals surface area contributed by atoms with E-state index in [4.69, 9.17) is 0 Å². The fraction of sp³-hybridized carbons (Fsp3) is 0.300. The van der Waals surface area contributed by atoms with Crippen LogP contribution in [-0.2, 0) is 4.79 Å². The second-order valence-corrected chi connectivity index (χ2v) is 6.97. The van der Waals surface area contributed by atoms with Gasteiger partial charge in [-0.25, -0.2) is 9.67 Å². The first-order valence-electron chi connectivity index (χ1n) is 9.46. The summed E-state index contributed by atoms with van der Waals surface area (Å²) in [6, 6.07) is 10.7. The summed E-state index contributed by atoms with van der Waals surface area (Å²) in [6.07, 6.45) is 4.50. The Morgan fingerprint density at radius 2 is 1.69 bits per heavy atom. The van der Waals surface area contributed by atoms with Crippen LogP contribution in [0.15, 0.2) is 49.1 Å². The van der Waals surface area contributed by atoms with Crippen molar-refractivity contribution in [1.29, 1.82) is 0 Å². The first-order valence-corrected chi connectivity index (χ1v) is 9.46. The third-order valence-electron chi connectivity index (χ3n) is 5.04. The third-order valence-corrected chi connectivity index (χ3v) is 5.04. The number of nitrogens with zero attached hydrogens (tertiary/aromatic N) is 6. The number of ketones is 1. The first-order chi connectivity index (χ1) is 14.1. The van der Waals surface area contributed by atoms with Crippen LogP contribution in [0.2, 0.25) is 0 Å². The molecule has 1 amide bonds. The zero-order valence-corrected chi connectivity index (χ0v) is 16.0. The number of hydrogen-bond acceptors (Lipinski definition) is 7. The molecule has 0 saturated carbocycles. The number of nitrogens with one attached hydrogen (secondary N) is 1. The fourth-order valence-electron chi connectivity index (χ4n) is 3.34. The second kappa shape index (κ2) is 8.17. The minimum absolute atomic E-state index is 0.00710. The molecule has 1 aliphatic heterocycles. The summed E-state index contributed by atoms with van der Waals surface area (Å²) in [5.41, 5.74) is 1.34. The lowest BCUT2D eigenvalue weighted by atomic mass is 9.95. The monoisotopic (exact) mass is 391 g/mol. The number of aromatic nitrogens is 5. The van der Waals surface area contributed by atoms with E-state index in [2.05, 4.69) is 30.5 Å². The summed E-state index contributed by atoms with van der Waals surface area (Å²) in [5, 5.41) is 15.4. The Bertz CT molecular complexity index is 977. The van der Waals surface area contributed by atoms with Crippen LogP contribution in [0.25, 0.3) is 5.82 Å². The molecule has 0 bridgehead atoms. The fourth-order valence-corrected chi connectivity index (χ4v) is 3.34. The summed E-state index contributed by atoms with van der Waals surface area (Å²) in [7, 11) is 0. The van der Waals surface area contributed by atoms with Gasteiger partial charge in [-0.2, -0.15) is 5.10 Å². The maximum Gasteiger partial charge on any atom is 0.227 e. The molecule has 3 aromatic rings. The van der Waals surface area contributed by atoms with Gasteiger partial charge in [0.15, 0.2) is 17.4 Å². The van der Waals surface area contributed by atoms with Gasteiger partial charge in [0.2, 0.25) is 5.91 Å². The highest BCUT2D eigenvalue weighted by Crippen LogP contribution is 2.23. The summed E-state index contributed by atoms with van der Waals surface area (Å²) >= 11 is 0. The highest BCUT2D eigenvalue weighted by molar-refractivity contribution is 5.96. The smallest absolute Gasteiger partial charge is 0.227 e. The maximum absolute atomic E-state index is 12.6. The number of rotatable bonds is 5. The van der Waals surface area contributed by atoms with Crippen molar-refractivity contribution in [3.63, 3.8) is 0 Å². The number of Topliss-reactive ketones (excluding diaryl/α,β-unsaturated/α-hetero) is 1. The van der Waals surface area contributed by atoms with E-state index in [0.717, 1.165) is 31.7 Å². The minimum Gasteiger partial charge on any atom is -0.355 e. The lowest BCUT2D eigenvalue weighted by molar-refractivity contribution is -0.120. The van der Waals surface area contributed by atoms with Crippen LogP contribution in [0.1, 0.15) is 30.1 Å². The Balaban J connectivity index is 1.31. The van der Waals surface area contributed by atoms with Crippen molar-refractivity contribution in [3.8, 4) is 5.82 Å². The number of hydrogen-bond donors (Lipinski definition) is 1. The van der Waals surface area contributed by atoms with Crippen molar-refractivity contribution in [3.05, 3.63) is 54.6 Å². The van der Waals surface area contributed by atoms with Crippen LogP contribution in [0.4, 0.5) is 11.5 Å². The number of anilines is 2. The van der Waals surface area contributed by atoms with Crippen molar-refractivity contribution >= 4 is 23.2 Å². The molecule has 148 valence electrons. The van der Waals surface area contributed by atoms with Crippen LogP contribution in [0.3, 0.4) is 0 Å². The Labute approximate surface area is 167 Å². The third kappa shape index (κ3) is 4.29. The molecule has 1 fully saturated rings. The van der Waals surface area contributed by atoms with E-state index >= 15 is 0 Å². The topological polar surface area (TPSA) is 106 Å². The summed E-state index contributed by atoms with van der Waals surface area (Å²) in [6.45, 7) is 2.99. The number of carbonyl (C=O) groups excluding carboxylic acids is 2. The van der Waals surface area contributed by atoms with Gasteiger partial charge in [-0.15, -0.1) is 10.2 Å². The van der Waals surface area contributed by atoms with Crippen molar-refractivity contribution in [1.82, 2.24) is 25.0 Å². The summed E-state index contributed by atoms with van der Waals surface area (Å²) < 4.78 is 1.55. The predicted octanol–water partition coefficient (Wildman–Crippen LogP) is 2.12. The standard InChI is InChI=1S/C20H21N7O2/c1-14(28)15-2-4-17(5-3-15)23-20(29)16-8-10-26(11-9-16)18-6-7-19(25-24-18)27-13-21-12-22-27/h2-7,12-13,16H,8-11H2,1H3,(H,23,29). The molecule has 9 heteroatoms. The summed E-state index contributed by atoms with van der Waals surface area (Å²) in [4.78, 5) is 29.9. The molecule has 9 nitrogen and oxygen atoms in total. The molecule has 0 unspecified atom stereocenters. The molecule has 1 aliphatic rings. The van der Waals surface area contributed by atoms with Crippen LogP contribution >= 0.6 is 0 Å². The Kier molecular flexibility index (Phi) is 5.28. The van der Waals surface area contributed by atoms with Gasteiger partial charge in [-0.1, -0.05) is 0 Å². The van der Waals surface area contributed by atoms with Crippen LogP contribution in [0, 0.1) is 5.92 Å². The Morgan fingerprint density at radius 3 is 2.28 bits per heavy atom. The molecule has 2 aromatic heterocycles. The Morgan fingerprint density at radius 1 is 1.00 bits per heavy atom. The first kappa shape index (κ1) is 18.7. The average Bonchev–Trinajstić information content (AvgIpc) is 3.29. The van der Waals surface area contributed by atoms with E-state index < -0.39 is 0 Å². The van der Waals surface area contributed by atoms with E-state index in [1.54, 1.807) is 35.3 Å². The van der Waals surface area contributed by atoms with Crippen LogP contribution < -0.4 is 10.2 Å². The van der Waals surface area contributed by atoms with Crippen molar-refractivity contribution in [2.75, 3.05) is 23.3 Å². The van der Waals surface area contributed by atoms with Gasteiger partial charge in [0, 0.05) is 30.3 Å². The molecule has 0 aliphatic carbocycles. The van der Waals surface area contributed by atoms with Gasteiger partial charge in [0.1, 0.15) is 12.7 Å². The normalized spacial score (nSPS) is 14.6. The molecular formula is C20H21N7O2. The van der Waals surface area contributed by atoms with E-state index in [0.29, 0.717) is 17.1 Å². The molecule has 0 radical (unpaired) electrons. The van der Waals surface area contributed by atoms with E-state index in [1.807, 2.05) is 12.1 Å². The van der Waals surface area contributed by atoms with Crippen LogP contribution in [-0.4, -0.2) is 49.7 Å². The van der Waals surface area contributed by atoms with Gasteiger partial charge < -0.3 is 10.2 Å². The van der Waals surface area contributed by atoms with Gasteiger partial charge in [-0.05, 0) is 56.2 Å². The minimum atomic E-state index is -0.0545. The van der Waals surface area contributed by atoms with E-state index in [9.17, 15) is 9.59 Å². The lowest BCUT2D eigenvalue weighted by Gasteiger charge is -2.31. The van der Waals surface area contributed by atoms with Crippen molar-refractivity contribution in [2.45, 2.75) is 19.8 Å². The van der Waals surface area contributed by atoms with Crippen LogP contribution in [0.5, 0.6) is 0 Å². The van der Waals surface area contributed by atoms with E-state index in [1.165, 1.54) is 13.3 Å². The molecule has 1 N–H and O–H groups in total. The van der Waals surface area contributed by atoms with Crippen molar-refractivity contribution in [2.24, 2.45) is 5.92 Å². The molecular weight excluding hydrogens is 370 g/mol. The van der Waals surface area contributed by atoms with Gasteiger partial charge in [0.05, 0.1) is 0 Å². The number of amides is 1. The predicted molar refractivity (Wildman–Crippen MR) is 107 cm³/mol. The van der Waals surface area contributed by atoms with Gasteiger partial charge in [-0.3, -0.25) is 9.59 Å². The lowest BCUT2D eigenvalue weighted by Crippen LogP contribution is -2.38.